The highest BCUT2D eigenvalue weighted by atomic mass is 31.2. The molecule has 3 atom stereocenters. The van der Waals surface area contributed by atoms with Gasteiger partial charge in [0.2, 0.25) is 0 Å². The van der Waals surface area contributed by atoms with Gasteiger partial charge in [-0.15, -0.1) is 19.3 Å². The predicted octanol–water partition coefficient (Wildman–Crippen LogP) is 4.58. The molecule has 0 saturated heterocycles. The van der Waals surface area contributed by atoms with Gasteiger partial charge in [0.15, 0.2) is 0 Å². The van der Waals surface area contributed by atoms with E-state index in [1.165, 1.54) is 17.8 Å². The Morgan fingerprint density at radius 3 is 0.966 bits per heavy atom. The van der Waals surface area contributed by atoms with E-state index in [4.69, 9.17) is 0 Å². The number of terminal acetylenes is 3. The van der Waals surface area contributed by atoms with Gasteiger partial charge in [-0.3, -0.25) is 13.6 Å². The van der Waals surface area contributed by atoms with E-state index < -0.39 is 63.9 Å². The van der Waals surface area contributed by atoms with Crippen LogP contribution in [0.3, 0.4) is 0 Å². The van der Waals surface area contributed by atoms with Crippen LogP contribution in [0.5, 0.6) is 0 Å². The molecule has 0 N–H and O–H groups in total. The van der Waals surface area contributed by atoms with Crippen molar-refractivity contribution < 1.29 is 57.7 Å². The number of phosphoric ester groups is 1. The van der Waals surface area contributed by atoms with E-state index in [1.807, 2.05) is 0 Å². The number of hydrogen-bond donors (Lipinski definition) is 0. The molecule has 0 aliphatic heterocycles. The topological polar surface area (TPSA) is 44.8 Å². The van der Waals surface area contributed by atoms with Crippen molar-refractivity contribution in [2.45, 2.75) is 18.5 Å². The van der Waals surface area contributed by atoms with Crippen molar-refractivity contribution in [2.75, 3.05) is 19.8 Å². The molecule has 0 aromatic rings. The summed E-state index contributed by atoms with van der Waals surface area (Å²) in [4.78, 5) is 0. The van der Waals surface area contributed by atoms with Crippen molar-refractivity contribution in [3.63, 3.8) is 0 Å². The summed E-state index contributed by atoms with van der Waals surface area (Å²) >= 11 is 0. The highest BCUT2D eigenvalue weighted by molar-refractivity contribution is 7.48. The molecule has 0 radical (unpaired) electrons. The average molecular weight is 458 g/mol. The van der Waals surface area contributed by atoms with Gasteiger partial charge in [0.05, 0.1) is 19.8 Å². The van der Waals surface area contributed by atoms with E-state index in [0.29, 0.717) is 0 Å². The maximum absolute atomic E-state index is 12.6. The van der Waals surface area contributed by atoms with Crippen molar-refractivity contribution >= 4 is 7.82 Å². The first-order valence-corrected chi connectivity index (χ1v) is 8.58. The van der Waals surface area contributed by atoms with Gasteiger partial charge in [0.1, 0.15) is 17.8 Å². The summed E-state index contributed by atoms with van der Waals surface area (Å²) in [5, 5.41) is 0. The van der Waals surface area contributed by atoms with Crippen LogP contribution in [0.4, 0.5) is 39.5 Å². The van der Waals surface area contributed by atoms with Gasteiger partial charge in [-0.25, -0.2) is 4.57 Å². The maximum Gasteiger partial charge on any atom is 0.474 e. The minimum absolute atomic E-state index is 1.21. The lowest BCUT2D eigenvalue weighted by atomic mass is 10.2. The second-order valence-corrected chi connectivity index (χ2v) is 6.79. The number of alkyl halides is 9. The fraction of sp³-hybridized carbons (Fsp3) is 0.600. The van der Waals surface area contributed by atoms with Gasteiger partial charge >= 0.3 is 26.4 Å². The summed E-state index contributed by atoms with van der Waals surface area (Å²) < 4.78 is 138. The highest BCUT2D eigenvalue weighted by Gasteiger charge is 2.45. The first-order valence-electron chi connectivity index (χ1n) is 7.12. The van der Waals surface area contributed by atoms with Crippen LogP contribution in [-0.2, 0) is 18.1 Å². The van der Waals surface area contributed by atoms with Crippen LogP contribution in [0, 0.1) is 54.8 Å². The van der Waals surface area contributed by atoms with Crippen LogP contribution in [0.15, 0.2) is 0 Å². The summed E-state index contributed by atoms with van der Waals surface area (Å²) in [5.74, 6) is -4.50. The normalized spacial score (nSPS) is 17.9. The minimum atomic E-state index is -5.42. The molecule has 29 heavy (non-hydrogen) atoms. The van der Waals surface area contributed by atoms with E-state index in [1.54, 1.807) is 0 Å². The number of rotatable bonds is 9. The third-order valence-electron chi connectivity index (χ3n) is 2.99. The van der Waals surface area contributed by atoms with Crippen molar-refractivity contribution in [2.24, 2.45) is 17.8 Å². The van der Waals surface area contributed by atoms with Crippen LogP contribution < -0.4 is 0 Å². The molecule has 0 aliphatic rings. The molecule has 0 aromatic heterocycles. The van der Waals surface area contributed by atoms with Crippen LogP contribution in [-0.4, -0.2) is 38.3 Å². The summed E-state index contributed by atoms with van der Waals surface area (Å²) in [6.07, 6.45) is -1.40. The lowest BCUT2D eigenvalue weighted by Crippen LogP contribution is -2.29. The molecule has 14 heteroatoms. The molecular weight excluding hydrogens is 446 g/mol. The Morgan fingerprint density at radius 1 is 0.621 bits per heavy atom. The van der Waals surface area contributed by atoms with E-state index in [2.05, 4.69) is 32.8 Å². The summed E-state index contributed by atoms with van der Waals surface area (Å²) in [7, 11) is -5.42. The zero-order valence-electron chi connectivity index (χ0n) is 14.1. The van der Waals surface area contributed by atoms with Gasteiger partial charge in [0, 0.05) is 0 Å². The number of hydrogen-bond acceptors (Lipinski definition) is 4. The fourth-order valence-electron chi connectivity index (χ4n) is 1.32. The molecule has 0 fully saturated rings. The van der Waals surface area contributed by atoms with E-state index >= 15 is 0 Å². The van der Waals surface area contributed by atoms with Crippen molar-refractivity contribution in [3.05, 3.63) is 0 Å². The smallest absolute Gasteiger partial charge is 0.285 e. The van der Waals surface area contributed by atoms with Gasteiger partial charge in [-0.1, -0.05) is 17.8 Å². The summed E-state index contributed by atoms with van der Waals surface area (Å²) in [6.45, 7) is -4.93. The monoisotopic (exact) mass is 458 g/mol. The Morgan fingerprint density at radius 2 is 0.828 bits per heavy atom. The van der Waals surface area contributed by atoms with E-state index in [-0.39, 0.29) is 0 Å². The zero-order chi connectivity index (χ0) is 23.1. The lowest BCUT2D eigenvalue weighted by Gasteiger charge is -2.24. The average Bonchev–Trinajstić information content (AvgIpc) is 2.52. The molecule has 0 saturated carbocycles. The number of halogens is 9. The Kier molecular flexibility index (Phi) is 9.62. The molecule has 3 unspecified atom stereocenters. The largest absolute Gasteiger partial charge is 0.474 e. The Balaban J connectivity index is 5.47. The molecule has 0 heterocycles. The fourth-order valence-corrected chi connectivity index (χ4v) is 2.54. The predicted molar refractivity (Wildman–Crippen MR) is 80.6 cm³/mol. The molecule has 0 bridgehead atoms. The third-order valence-corrected chi connectivity index (χ3v) is 4.38. The molecular formula is C15H12F9O4P. The van der Waals surface area contributed by atoms with Gasteiger partial charge in [0.25, 0.3) is 0 Å². The second-order valence-electron chi connectivity index (χ2n) is 5.12. The van der Waals surface area contributed by atoms with Gasteiger partial charge in [-0.05, 0) is 0 Å². The molecule has 164 valence electrons. The second kappa shape index (κ2) is 10.3. The molecule has 0 amide bonds. The third kappa shape index (κ3) is 9.47. The Hall–Kier alpha value is -1.84. The first-order chi connectivity index (χ1) is 13.0. The summed E-state index contributed by atoms with van der Waals surface area (Å²) in [6, 6.07) is 0. The van der Waals surface area contributed by atoms with Crippen LogP contribution in [0.2, 0.25) is 0 Å². The molecule has 0 aromatic carbocycles. The van der Waals surface area contributed by atoms with Gasteiger partial charge < -0.3 is 0 Å². The summed E-state index contributed by atoms with van der Waals surface area (Å²) in [5.41, 5.74) is 0. The molecule has 0 spiro atoms. The highest BCUT2D eigenvalue weighted by Crippen LogP contribution is 2.52. The van der Waals surface area contributed by atoms with Crippen LogP contribution in [0.25, 0.3) is 0 Å². The Bertz CT molecular complexity index is 611. The van der Waals surface area contributed by atoms with Crippen molar-refractivity contribution in [1.29, 1.82) is 0 Å². The van der Waals surface area contributed by atoms with Gasteiger partial charge in [-0.2, -0.15) is 39.5 Å². The van der Waals surface area contributed by atoms with Crippen LogP contribution >= 0.6 is 7.82 Å². The molecule has 0 rings (SSSR count). The van der Waals surface area contributed by atoms with E-state index in [0.717, 1.165) is 0 Å². The quantitative estimate of drug-likeness (QED) is 0.288. The zero-order valence-corrected chi connectivity index (χ0v) is 15.0. The SMILES string of the molecule is C#CC(COP(=O)(OCC(C#C)C(F)(F)F)OCC(C#C)C(F)(F)F)C(F)(F)F. The molecule has 4 nitrogen and oxygen atoms in total. The van der Waals surface area contributed by atoms with E-state index in [9.17, 15) is 44.1 Å². The van der Waals surface area contributed by atoms with Crippen molar-refractivity contribution in [3.8, 4) is 37.0 Å². The minimum Gasteiger partial charge on any atom is -0.285 e. The number of phosphoric acid groups is 1. The first kappa shape index (κ1) is 27.2. The Labute approximate surface area is 159 Å². The standard InChI is InChI=1S/C15H12F9O4P/c1-4-10(13(16,17)18)7-26-29(25,27-8-11(5-2)14(19,20)21)28-9-12(6-3)15(22,23)24/h1-3,10-12H,7-9H2. The molecule has 0 aliphatic carbocycles. The van der Waals surface area contributed by atoms with Crippen molar-refractivity contribution in [1.82, 2.24) is 0 Å². The lowest BCUT2D eigenvalue weighted by molar-refractivity contribution is -0.171. The maximum atomic E-state index is 12.6. The van der Waals surface area contributed by atoms with Crippen LogP contribution in [0.1, 0.15) is 0 Å².